The number of anilines is 1. The second-order valence-corrected chi connectivity index (χ2v) is 5.36. The molecule has 0 aliphatic rings. The lowest BCUT2D eigenvalue weighted by atomic mass is 10.1. The normalized spacial score (nSPS) is 10.8. The van der Waals surface area contributed by atoms with E-state index in [4.69, 9.17) is 9.15 Å². The van der Waals surface area contributed by atoms with E-state index in [0.29, 0.717) is 16.9 Å². The van der Waals surface area contributed by atoms with Gasteiger partial charge >= 0.3 is 0 Å². The highest BCUT2D eigenvalue weighted by atomic mass is 19.1. The number of carbonyl (C=O) groups excluding carboxylic acids is 1. The van der Waals surface area contributed by atoms with Crippen LogP contribution in [0.4, 0.5) is 10.1 Å². The van der Waals surface area contributed by atoms with Gasteiger partial charge in [0.1, 0.15) is 17.1 Å². The average molecular weight is 313 g/mol. The van der Waals surface area contributed by atoms with Gasteiger partial charge in [-0.1, -0.05) is 6.07 Å². The fraction of sp³-hybridized carbons (Fsp3) is 0.167. The highest BCUT2D eigenvalue weighted by Gasteiger charge is 2.19. The number of amides is 1. The maximum atomic E-state index is 13.9. The molecule has 1 heterocycles. The smallest absolute Gasteiger partial charge is 0.291 e. The van der Waals surface area contributed by atoms with Crippen LogP contribution in [-0.4, -0.2) is 13.0 Å². The molecule has 0 aliphatic carbocycles. The summed E-state index contributed by atoms with van der Waals surface area (Å²) in [6.07, 6.45) is 0. The van der Waals surface area contributed by atoms with Crippen LogP contribution in [-0.2, 0) is 0 Å². The molecule has 1 N–H and O–H groups in total. The largest absolute Gasteiger partial charge is 0.497 e. The van der Waals surface area contributed by atoms with Crippen molar-refractivity contribution in [2.45, 2.75) is 13.8 Å². The molecule has 2 aromatic carbocycles. The Morgan fingerprint density at radius 1 is 1.17 bits per heavy atom. The van der Waals surface area contributed by atoms with Gasteiger partial charge in [-0.3, -0.25) is 4.79 Å². The molecule has 118 valence electrons. The molecule has 3 aromatic rings. The van der Waals surface area contributed by atoms with Gasteiger partial charge in [-0.25, -0.2) is 4.39 Å². The number of fused-ring (bicyclic) bond motifs is 1. The van der Waals surface area contributed by atoms with Crippen molar-refractivity contribution < 1.29 is 18.3 Å². The highest BCUT2D eigenvalue weighted by Crippen LogP contribution is 2.29. The second kappa shape index (κ2) is 5.76. The Hall–Kier alpha value is -2.82. The molecule has 5 heteroatoms. The Kier molecular flexibility index (Phi) is 3.78. The van der Waals surface area contributed by atoms with Gasteiger partial charge in [0, 0.05) is 10.9 Å². The third-order valence-corrected chi connectivity index (χ3v) is 3.72. The van der Waals surface area contributed by atoms with E-state index in [9.17, 15) is 9.18 Å². The number of halogens is 1. The molecule has 0 unspecified atom stereocenters. The van der Waals surface area contributed by atoms with Crippen molar-refractivity contribution in [3.8, 4) is 5.75 Å². The van der Waals surface area contributed by atoms with Crippen molar-refractivity contribution >= 4 is 22.6 Å². The van der Waals surface area contributed by atoms with Gasteiger partial charge in [0.25, 0.3) is 5.91 Å². The maximum Gasteiger partial charge on any atom is 0.291 e. The van der Waals surface area contributed by atoms with E-state index in [1.54, 1.807) is 45.2 Å². The standard InChI is InChI=1S/C18H16FNO3/c1-10-4-6-15(14(19)8-10)20-18(21)17-11(2)13-9-12(22-3)5-7-16(13)23-17/h4-9H,1-3H3,(H,20,21). The summed E-state index contributed by atoms with van der Waals surface area (Å²) in [5.74, 6) is -0.125. The molecule has 0 fully saturated rings. The first-order valence-electron chi connectivity index (χ1n) is 7.14. The summed E-state index contributed by atoms with van der Waals surface area (Å²) in [7, 11) is 1.57. The van der Waals surface area contributed by atoms with Gasteiger partial charge in [0.2, 0.25) is 0 Å². The predicted octanol–water partition coefficient (Wildman–Crippen LogP) is 4.45. The zero-order valence-corrected chi connectivity index (χ0v) is 13.1. The van der Waals surface area contributed by atoms with Crippen LogP contribution in [0.25, 0.3) is 11.0 Å². The molecule has 0 saturated carbocycles. The van der Waals surface area contributed by atoms with Gasteiger partial charge in [0.15, 0.2) is 5.76 Å². The van der Waals surface area contributed by atoms with Crippen molar-refractivity contribution in [1.29, 1.82) is 0 Å². The number of carbonyl (C=O) groups is 1. The van der Waals surface area contributed by atoms with E-state index in [0.717, 1.165) is 10.9 Å². The van der Waals surface area contributed by atoms with Crippen molar-refractivity contribution in [2.24, 2.45) is 0 Å². The Morgan fingerprint density at radius 2 is 1.96 bits per heavy atom. The summed E-state index contributed by atoms with van der Waals surface area (Å²) in [5.41, 5.74) is 2.17. The summed E-state index contributed by atoms with van der Waals surface area (Å²) < 4.78 is 24.7. The molecule has 1 amide bonds. The molecular weight excluding hydrogens is 297 g/mol. The summed E-state index contributed by atoms with van der Waals surface area (Å²) in [4.78, 5) is 12.4. The molecule has 23 heavy (non-hydrogen) atoms. The minimum Gasteiger partial charge on any atom is -0.497 e. The number of hydrogen-bond donors (Lipinski definition) is 1. The summed E-state index contributed by atoms with van der Waals surface area (Å²) in [6.45, 7) is 3.57. The van der Waals surface area contributed by atoms with Gasteiger partial charge in [0.05, 0.1) is 12.8 Å². The van der Waals surface area contributed by atoms with Crippen LogP contribution in [0.1, 0.15) is 21.7 Å². The van der Waals surface area contributed by atoms with Crippen LogP contribution in [0.3, 0.4) is 0 Å². The molecule has 1 aromatic heterocycles. The summed E-state index contributed by atoms with van der Waals surface area (Å²) in [5, 5.41) is 3.34. The van der Waals surface area contributed by atoms with E-state index in [-0.39, 0.29) is 11.4 Å². The first kappa shape index (κ1) is 15.1. The third kappa shape index (κ3) is 2.77. The monoisotopic (exact) mass is 313 g/mol. The number of hydrogen-bond acceptors (Lipinski definition) is 3. The molecule has 0 saturated heterocycles. The molecular formula is C18H16FNO3. The topological polar surface area (TPSA) is 51.5 Å². The minimum atomic E-state index is -0.486. The van der Waals surface area contributed by atoms with Crippen LogP contribution >= 0.6 is 0 Å². The van der Waals surface area contributed by atoms with Crippen molar-refractivity contribution in [3.05, 3.63) is 59.1 Å². The van der Waals surface area contributed by atoms with E-state index < -0.39 is 11.7 Å². The lowest BCUT2D eigenvalue weighted by Gasteiger charge is -2.06. The van der Waals surface area contributed by atoms with Crippen LogP contribution in [0.5, 0.6) is 5.75 Å². The Balaban J connectivity index is 1.96. The lowest BCUT2D eigenvalue weighted by molar-refractivity contribution is 0.0997. The Bertz CT molecular complexity index is 899. The average Bonchev–Trinajstić information content (AvgIpc) is 2.86. The number of rotatable bonds is 3. The fourth-order valence-electron chi connectivity index (χ4n) is 2.44. The summed E-state index contributed by atoms with van der Waals surface area (Å²) in [6, 6.07) is 9.93. The lowest BCUT2D eigenvalue weighted by Crippen LogP contribution is -2.13. The molecule has 4 nitrogen and oxygen atoms in total. The quantitative estimate of drug-likeness (QED) is 0.777. The molecule has 0 bridgehead atoms. The van der Waals surface area contributed by atoms with E-state index in [1.165, 1.54) is 12.1 Å². The SMILES string of the molecule is COc1ccc2oc(C(=O)Nc3ccc(C)cc3F)c(C)c2c1. The van der Waals surface area contributed by atoms with Crippen molar-refractivity contribution in [3.63, 3.8) is 0 Å². The van der Waals surface area contributed by atoms with Crippen molar-refractivity contribution in [1.82, 2.24) is 0 Å². The second-order valence-electron chi connectivity index (χ2n) is 5.36. The van der Waals surface area contributed by atoms with E-state index >= 15 is 0 Å². The number of benzene rings is 2. The van der Waals surface area contributed by atoms with E-state index in [2.05, 4.69) is 5.32 Å². The van der Waals surface area contributed by atoms with Crippen LogP contribution in [0.2, 0.25) is 0 Å². The first-order valence-corrected chi connectivity index (χ1v) is 7.14. The molecule has 0 spiro atoms. The third-order valence-electron chi connectivity index (χ3n) is 3.72. The Morgan fingerprint density at radius 3 is 2.65 bits per heavy atom. The minimum absolute atomic E-state index is 0.123. The fourth-order valence-corrected chi connectivity index (χ4v) is 2.44. The number of furan rings is 1. The molecule has 3 rings (SSSR count). The van der Waals surface area contributed by atoms with Crippen LogP contribution in [0, 0.1) is 19.7 Å². The molecule has 0 aliphatic heterocycles. The van der Waals surface area contributed by atoms with Crippen LogP contribution < -0.4 is 10.1 Å². The number of methoxy groups -OCH3 is 1. The zero-order chi connectivity index (χ0) is 16.6. The van der Waals surface area contributed by atoms with Gasteiger partial charge in [-0.2, -0.15) is 0 Å². The number of ether oxygens (including phenoxy) is 1. The van der Waals surface area contributed by atoms with Crippen LogP contribution in [0.15, 0.2) is 40.8 Å². The van der Waals surface area contributed by atoms with Crippen molar-refractivity contribution in [2.75, 3.05) is 12.4 Å². The summed E-state index contributed by atoms with van der Waals surface area (Å²) >= 11 is 0. The molecule has 0 atom stereocenters. The predicted molar refractivity (Wildman–Crippen MR) is 86.6 cm³/mol. The first-order chi connectivity index (χ1) is 11.0. The number of nitrogens with one attached hydrogen (secondary N) is 1. The maximum absolute atomic E-state index is 13.9. The van der Waals surface area contributed by atoms with E-state index in [1.807, 2.05) is 0 Å². The highest BCUT2D eigenvalue weighted by molar-refractivity contribution is 6.06. The zero-order valence-electron chi connectivity index (χ0n) is 13.1. The van der Waals surface area contributed by atoms with Gasteiger partial charge < -0.3 is 14.5 Å². The molecule has 0 radical (unpaired) electrons. The van der Waals surface area contributed by atoms with Gasteiger partial charge in [-0.05, 0) is 49.7 Å². The number of aryl methyl sites for hydroxylation is 2. The Labute approximate surface area is 132 Å². The van der Waals surface area contributed by atoms with Gasteiger partial charge in [-0.15, -0.1) is 0 Å².